The molecule has 0 spiro atoms. The predicted octanol–water partition coefficient (Wildman–Crippen LogP) is 6.77. The van der Waals surface area contributed by atoms with E-state index in [9.17, 15) is 13.2 Å². The van der Waals surface area contributed by atoms with Crippen LogP contribution in [-0.2, 0) is 6.18 Å². The number of pyridine rings is 1. The summed E-state index contributed by atoms with van der Waals surface area (Å²) in [4.78, 5) is 13.9. The minimum Gasteiger partial charge on any atom is -0.322 e. The van der Waals surface area contributed by atoms with Crippen molar-refractivity contribution in [3.05, 3.63) is 90.4 Å². The molecule has 4 nitrogen and oxygen atoms in total. The Labute approximate surface area is 193 Å². The summed E-state index contributed by atoms with van der Waals surface area (Å²) in [5, 5.41) is 2.71. The normalized spacial score (nSPS) is 14.3. The number of thiazole rings is 1. The van der Waals surface area contributed by atoms with Crippen molar-refractivity contribution in [3.8, 4) is 10.4 Å². The van der Waals surface area contributed by atoms with Crippen molar-refractivity contribution in [2.75, 3.05) is 0 Å². The lowest BCUT2D eigenvalue weighted by atomic mass is 9.91. The summed E-state index contributed by atoms with van der Waals surface area (Å²) in [6.45, 7) is 1.84. The highest BCUT2D eigenvalue weighted by atomic mass is 32.1. The van der Waals surface area contributed by atoms with E-state index in [1.54, 1.807) is 18.6 Å². The summed E-state index contributed by atoms with van der Waals surface area (Å²) in [6.07, 6.45) is 6.25. The number of aromatic nitrogens is 2. The van der Waals surface area contributed by atoms with Gasteiger partial charge in [-0.05, 0) is 47.7 Å². The molecule has 0 saturated carbocycles. The van der Waals surface area contributed by atoms with Gasteiger partial charge in [0.15, 0.2) is 0 Å². The van der Waals surface area contributed by atoms with E-state index in [1.807, 2.05) is 43.5 Å². The molecular formula is C25H21F3N4S. The molecule has 0 aliphatic rings. The molecule has 2 aromatic heterocycles. The van der Waals surface area contributed by atoms with Crippen molar-refractivity contribution in [3.63, 3.8) is 0 Å². The van der Waals surface area contributed by atoms with Crippen LogP contribution < -0.4 is 5.73 Å². The van der Waals surface area contributed by atoms with Gasteiger partial charge in [0, 0.05) is 36.1 Å². The third-order valence-electron chi connectivity index (χ3n) is 5.21. The Morgan fingerprint density at radius 3 is 2.55 bits per heavy atom. The number of halogens is 3. The smallest absolute Gasteiger partial charge is 0.322 e. The summed E-state index contributed by atoms with van der Waals surface area (Å²) in [5.74, 6) is -0.311. The Bertz CT molecular complexity index is 1290. The maximum absolute atomic E-state index is 12.9. The highest BCUT2D eigenvalue weighted by Crippen LogP contribution is 2.33. The number of allylic oxidation sites excluding steroid dienone is 1. The molecule has 4 rings (SSSR count). The van der Waals surface area contributed by atoms with Crippen LogP contribution in [0.4, 0.5) is 18.3 Å². The van der Waals surface area contributed by atoms with Crippen LogP contribution >= 0.6 is 11.3 Å². The molecule has 0 saturated heterocycles. The molecule has 168 valence electrons. The second kappa shape index (κ2) is 9.64. The number of nitrogens with two attached hydrogens (primary N) is 1. The third-order valence-corrected chi connectivity index (χ3v) is 6.17. The van der Waals surface area contributed by atoms with Crippen LogP contribution in [-0.4, -0.2) is 22.2 Å². The second-order valence-corrected chi connectivity index (χ2v) is 8.48. The molecule has 2 N–H and O–H groups in total. The lowest BCUT2D eigenvalue weighted by Crippen LogP contribution is -2.29. The van der Waals surface area contributed by atoms with Gasteiger partial charge in [-0.3, -0.25) is 4.98 Å². The van der Waals surface area contributed by atoms with Gasteiger partial charge in [-0.2, -0.15) is 13.2 Å². The summed E-state index contributed by atoms with van der Waals surface area (Å²) >= 11 is 1.44. The van der Waals surface area contributed by atoms with Crippen molar-refractivity contribution in [1.29, 1.82) is 0 Å². The van der Waals surface area contributed by atoms with Crippen LogP contribution in [0.15, 0.2) is 84.3 Å². The highest BCUT2D eigenvalue weighted by molar-refractivity contribution is 7.18. The molecule has 2 atom stereocenters. The quantitative estimate of drug-likeness (QED) is 0.252. The fourth-order valence-corrected chi connectivity index (χ4v) is 4.27. The van der Waals surface area contributed by atoms with E-state index in [4.69, 9.17) is 5.73 Å². The van der Waals surface area contributed by atoms with Crippen molar-refractivity contribution < 1.29 is 13.2 Å². The van der Waals surface area contributed by atoms with Gasteiger partial charge in [-0.15, -0.1) is 0 Å². The molecule has 0 amide bonds. The van der Waals surface area contributed by atoms with Crippen molar-refractivity contribution in [2.24, 2.45) is 10.7 Å². The third kappa shape index (κ3) is 5.35. The summed E-state index contributed by atoms with van der Waals surface area (Å²) < 4.78 is 38.6. The van der Waals surface area contributed by atoms with Crippen LogP contribution in [0.2, 0.25) is 0 Å². The number of aliphatic imine (C=N–C) groups is 1. The van der Waals surface area contributed by atoms with E-state index in [0.29, 0.717) is 10.7 Å². The van der Waals surface area contributed by atoms with Gasteiger partial charge >= 0.3 is 6.18 Å². The number of benzene rings is 2. The maximum atomic E-state index is 12.9. The summed E-state index contributed by atoms with van der Waals surface area (Å²) in [7, 11) is 0. The standard InChI is InChI=1S/C25H21F3N4S/c1-2-3-21(16-6-8-20(9-7-16)25(26,27)28)22(29)14-31-24-32-15-23(33-24)18-4-5-19-13-30-11-10-17(19)12-18/h2-15,21-22H,29H2,1H3/b3-2+,31-14?/t21-,22+/m0/s1. The predicted molar refractivity (Wildman–Crippen MR) is 128 cm³/mol. The fourth-order valence-electron chi connectivity index (χ4n) is 3.50. The van der Waals surface area contributed by atoms with Crippen LogP contribution in [0.3, 0.4) is 0 Å². The largest absolute Gasteiger partial charge is 0.416 e. The van der Waals surface area contributed by atoms with Crippen molar-refractivity contribution >= 4 is 33.5 Å². The first-order valence-corrected chi connectivity index (χ1v) is 11.1. The first-order valence-electron chi connectivity index (χ1n) is 10.2. The molecule has 2 heterocycles. The van der Waals surface area contributed by atoms with E-state index in [1.165, 1.54) is 23.5 Å². The fraction of sp³-hybridized carbons (Fsp3) is 0.160. The van der Waals surface area contributed by atoms with Gasteiger partial charge in [0.1, 0.15) is 0 Å². The molecule has 33 heavy (non-hydrogen) atoms. The topological polar surface area (TPSA) is 64.2 Å². The molecule has 0 aliphatic carbocycles. The van der Waals surface area contributed by atoms with Crippen LogP contribution in [0, 0.1) is 0 Å². The van der Waals surface area contributed by atoms with Crippen LogP contribution in [0.1, 0.15) is 24.0 Å². The molecule has 0 radical (unpaired) electrons. The lowest BCUT2D eigenvalue weighted by Gasteiger charge is -2.18. The molecular weight excluding hydrogens is 445 g/mol. The van der Waals surface area contributed by atoms with Gasteiger partial charge in [-0.25, -0.2) is 9.98 Å². The van der Waals surface area contributed by atoms with E-state index < -0.39 is 17.8 Å². The van der Waals surface area contributed by atoms with Gasteiger partial charge in [0.2, 0.25) is 5.13 Å². The molecule has 4 aromatic rings. The van der Waals surface area contributed by atoms with Gasteiger partial charge in [-0.1, -0.05) is 47.8 Å². The lowest BCUT2D eigenvalue weighted by molar-refractivity contribution is -0.137. The minimum absolute atomic E-state index is 0.311. The van der Waals surface area contributed by atoms with Gasteiger partial charge in [0.05, 0.1) is 16.5 Å². The zero-order valence-electron chi connectivity index (χ0n) is 17.7. The molecule has 0 fully saturated rings. The van der Waals surface area contributed by atoms with E-state index >= 15 is 0 Å². The number of rotatable bonds is 6. The SMILES string of the molecule is C/C=C/[C@@H](c1ccc(C(F)(F)F)cc1)[C@H](N)C=Nc1ncc(-c2ccc3cnccc3c2)s1. The molecule has 2 aromatic carbocycles. The molecule has 0 aliphatic heterocycles. The number of hydrogen-bond acceptors (Lipinski definition) is 5. The Morgan fingerprint density at radius 1 is 1.03 bits per heavy atom. The van der Waals surface area contributed by atoms with Gasteiger partial charge in [0.25, 0.3) is 0 Å². The first-order chi connectivity index (χ1) is 15.8. The Morgan fingerprint density at radius 2 is 1.82 bits per heavy atom. The number of nitrogens with zero attached hydrogens (tertiary/aromatic N) is 3. The van der Waals surface area contributed by atoms with Crippen LogP contribution in [0.5, 0.6) is 0 Å². The van der Waals surface area contributed by atoms with E-state index in [-0.39, 0.29) is 5.92 Å². The first kappa shape index (κ1) is 22.8. The molecule has 0 unspecified atom stereocenters. The zero-order chi connectivity index (χ0) is 23.4. The average molecular weight is 467 g/mol. The number of alkyl halides is 3. The van der Waals surface area contributed by atoms with E-state index in [2.05, 4.69) is 21.0 Å². The van der Waals surface area contributed by atoms with Crippen molar-refractivity contribution in [1.82, 2.24) is 9.97 Å². The molecule has 0 bridgehead atoms. The number of fused-ring (bicyclic) bond motifs is 1. The van der Waals surface area contributed by atoms with Crippen molar-refractivity contribution in [2.45, 2.75) is 25.1 Å². The Hall–Kier alpha value is -3.36. The number of hydrogen-bond donors (Lipinski definition) is 1. The van der Waals surface area contributed by atoms with E-state index in [0.717, 1.165) is 33.3 Å². The maximum Gasteiger partial charge on any atom is 0.416 e. The van der Waals surface area contributed by atoms with Gasteiger partial charge < -0.3 is 5.73 Å². The summed E-state index contributed by atoms with van der Waals surface area (Å²) in [5.41, 5.74) is 7.37. The molecule has 8 heteroatoms. The Kier molecular flexibility index (Phi) is 6.67. The minimum atomic E-state index is -4.37. The highest BCUT2D eigenvalue weighted by Gasteiger charge is 2.30. The zero-order valence-corrected chi connectivity index (χ0v) is 18.5. The average Bonchev–Trinajstić information content (AvgIpc) is 3.29. The second-order valence-electron chi connectivity index (χ2n) is 7.47. The monoisotopic (exact) mass is 466 g/mol. The Balaban J connectivity index is 1.52. The van der Waals surface area contributed by atoms with Crippen LogP contribution in [0.25, 0.3) is 21.2 Å². The summed E-state index contributed by atoms with van der Waals surface area (Å²) in [6, 6.07) is 12.6.